The number of amides is 15. The molecule has 0 aliphatic heterocycles. The second-order valence-electron chi connectivity index (χ2n) is 31.1. The van der Waals surface area contributed by atoms with Crippen LogP contribution in [0.25, 0.3) is 21.8 Å². The van der Waals surface area contributed by atoms with Crippen molar-refractivity contribution in [3.05, 3.63) is 156 Å². The Morgan fingerprint density at radius 1 is 0.508 bits per heavy atom. The second-order valence-corrected chi connectivity index (χ2v) is 32.6. The van der Waals surface area contributed by atoms with E-state index in [2.05, 4.69) is 120 Å². The van der Waals surface area contributed by atoms with Crippen LogP contribution in [0.5, 0.6) is 5.75 Å². The zero-order valence-electron chi connectivity index (χ0n) is 70.6. The van der Waals surface area contributed by atoms with Gasteiger partial charge in [0.15, 0.2) is 0 Å². The van der Waals surface area contributed by atoms with Gasteiger partial charge in [0.2, 0.25) is 88.6 Å². The number of fused-ring (bicyclic) bond motifs is 2. The zero-order valence-corrected chi connectivity index (χ0v) is 72.4. The fourth-order valence-corrected chi connectivity index (χ4v) is 13.7. The number of ether oxygens (including phenoxy) is 1. The van der Waals surface area contributed by atoms with Gasteiger partial charge in [0, 0.05) is 102 Å². The number of aromatic amines is 3. The predicted molar refractivity (Wildman–Crippen MR) is 467 cm³/mol. The van der Waals surface area contributed by atoms with E-state index < -0.39 is 209 Å². The molecule has 0 saturated carbocycles. The van der Waals surface area contributed by atoms with E-state index in [0.717, 1.165) is 0 Å². The fraction of sp³-hybridized carbons (Fsp3) is 0.440. The summed E-state index contributed by atoms with van der Waals surface area (Å²) in [6.45, 7) is 8.83. The number of carboxylic acids is 1. The maximum atomic E-state index is 15.3. The maximum absolute atomic E-state index is 15.3. The van der Waals surface area contributed by atoms with Crippen LogP contribution in [0.3, 0.4) is 0 Å². The molecule has 7 aromatic rings. The Kier molecular flexibility index (Phi) is 38.9. The molecule has 7 rings (SSSR count). The Morgan fingerprint density at radius 2 is 0.992 bits per heavy atom. The molecule has 0 bridgehead atoms. The Labute approximate surface area is 736 Å². The number of rotatable bonds is 51. The molecule has 24 N–H and O–H groups in total. The molecule has 0 fully saturated rings. The third kappa shape index (κ3) is 31.7. The summed E-state index contributed by atoms with van der Waals surface area (Å²) in [7, 11) is 0. The Morgan fingerprint density at radius 3 is 1.51 bits per heavy atom. The number of phenols is 1. The van der Waals surface area contributed by atoms with Crippen LogP contribution in [0, 0.1) is 5.92 Å². The number of thiol groups is 2. The molecule has 3 aromatic heterocycles. The summed E-state index contributed by atoms with van der Waals surface area (Å²) in [5.41, 5.74) is 14.3. The smallest absolute Gasteiger partial charge is 0.305 e. The molecule has 0 aliphatic carbocycles. The van der Waals surface area contributed by atoms with Gasteiger partial charge in [-0.25, -0.2) is 4.98 Å². The number of para-hydroxylation sites is 2. The average molecular weight is 1790 g/mol. The van der Waals surface area contributed by atoms with Crippen LogP contribution in [-0.2, 0) is 114 Å². The van der Waals surface area contributed by atoms with Gasteiger partial charge in [-0.2, -0.15) is 25.3 Å². The van der Waals surface area contributed by atoms with Gasteiger partial charge >= 0.3 is 5.97 Å². The molecule has 126 heavy (non-hydrogen) atoms. The summed E-state index contributed by atoms with van der Waals surface area (Å²) in [6, 6.07) is 9.29. The Hall–Kier alpha value is -12.9. The first-order valence-electron chi connectivity index (χ1n) is 40.7. The van der Waals surface area contributed by atoms with Crippen molar-refractivity contribution < 1.29 is 96.8 Å². The number of nitrogens with one attached hydrogen (secondary N) is 17. The largest absolute Gasteiger partial charge is 0.508 e. The molecule has 40 nitrogen and oxygen atoms in total. The summed E-state index contributed by atoms with van der Waals surface area (Å²) < 4.78 is 4.20. The molecule has 0 saturated heterocycles. The number of unbranched alkanes of at least 4 members (excludes halogenated alkanes) is 1. The third-order valence-electron chi connectivity index (χ3n) is 20.1. The van der Waals surface area contributed by atoms with E-state index in [1.54, 1.807) is 105 Å². The van der Waals surface area contributed by atoms with Crippen LogP contribution >= 0.6 is 25.3 Å². The van der Waals surface area contributed by atoms with E-state index in [9.17, 15) is 82.4 Å². The molecule has 13 atom stereocenters. The highest BCUT2D eigenvalue weighted by molar-refractivity contribution is 7.81. The molecule has 0 radical (unpaired) electrons. The maximum Gasteiger partial charge on any atom is 0.305 e. The van der Waals surface area contributed by atoms with Gasteiger partial charge in [0.1, 0.15) is 84.9 Å². The average Bonchev–Trinajstić information content (AvgIpc) is 1.66. The van der Waals surface area contributed by atoms with Crippen LogP contribution in [0.2, 0.25) is 0 Å². The standard InChI is InChI=1S/C84H112N20O20S2/c1-44(2)69(103-78(118)62(34-51-38-90-57-22-14-12-20-55(51)57)99-77(117)64(36-68(110)111)96-73(113)45(3)93-83(123)71(84(6,7)126)94-47(5)106)81(121)102-65(42-125)80(120)97-60(32-49-24-26-53(107)27-25-49)75(115)98-61(33-50-37-89-56-21-13-11-19-54(50)56)76(116)100-63(35-52-39-87-43-92-52)79(119)104-70(46(4)105)82(122)101-59(31-48-17-9-8-10-18-48)74(114)91-40-66(108)88-29-30-124-41-67(109)95-58(72(86)112)23-15-16-28-85/h8-14,17-22,24-27,37-39,43-46,58-65,69-71,89-90,105,107,125-126H,15-16,23,28-36,40-42,85H2,1-7H3,(H2,86,112)(H,87,92)(H,88,108)(H,91,114)(H,93,123)(H,94,106)(H,95,109)(H,96,113)(H,97,120)(H,98,115)(H,99,117)(H,100,116)(H,101,122)(H,102,121)(H,103,118)(H,104,119)(H,110,111)/t45-,46+,58+,59-,60-,61-,62-,63-,64-,65-,69-,70-,71+/m0/s1. The van der Waals surface area contributed by atoms with E-state index >= 15 is 9.59 Å². The monoisotopic (exact) mass is 1780 g/mol. The molecule has 0 aliphatic rings. The topological polar surface area (TPSA) is 624 Å². The van der Waals surface area contributed by atoms with Crippen LogP contribution in [0.1, 0.15) is 102 Å². The van der Waals surface area contributed by atoms with Gasteiger partial charge < -0.3 is 121 Å². The number of phenolic OH excluding ortho intramolecular Hbond substituents is 1. The number of aromatic hydroxyl groups is 1. The van der Waals surface area contributed by atoms with Gasteiger partial charge in [0.25, 0.3) is 0 Å². The van der Waals surface area contributed by atoms with Crippen LogP contribution in [0.4, 0.5) is 0 Å². The first kappa shape index (κ1) is 100. The molecule has 15 amide bonds. The number of hydrogen-bond donors (Lipinski definition) is 24. The number of aromatic nitrogens is 4. The number of benzene rings is 4. The van der Waals surface area contributed by atoms with Gasteiger partial charge in [0.05, 0.1) is 32.0 Å². The van der Waals surface area contributed by atoms with Gasteiger partial charge in [-0.1, -0.05) is 92.7 Å². The number of nitrogens with zero attached hydrogens (tertiary/aromatic N) is 1. The first-order chi connectivity index (χ1) is 59.8. The van der Waals surface area contributed by atoms with Gasteiger partial charge in [-0.05, 0) is 106 Å². The SMILES string of the molecule is CC(=O)N[C@H](C(=O)N[C@@H](C)C(=O)N[C@@H](CC(=O)O)C(=O)N[C@@H](Cc1c[nH]c2ccccc12)C(=O)N[C@H](C(=O)N[C@@H](CS)C(=O)N[C@@H](Cc1ccc(O)cc1)C(=O)N[C@@H](Cc1c[nH]c2ccccc12)C(=O)N[C@@H](Cc1cnc[nH]1)C(=O)N[C@H](C(=O)N[C@@H](Cc1ccccc1)C(=O)NCC(=O)NCCOCC(=O)N[C@H](CCCCN)C(N)=O)[C@@H](C)O)C(C)C)C(C)(C)S. The lowest BCUT2D eigenvalue weighted by Crippen LogP contribution is -2.62. The van der Waals surface area contributed by atoms with Crippen molar-refractivity contribution in [1.29, 1.82) is 0 Å². The number of aliphatic carboxylic acids is 1. The van der Waals surface area contributed by atoms with Gasteiger partial charge in [-0.15, -0.1) is 0 Å². The molecule has 0 unspecified atom stereocenters. The molecule has 42 heteroatoms. The van der Waals surface area contributed by atoms with Crippen LogP contribution < -0.4 is 85.9 Å². The Balaban J connectivity index is 1.09. The highest BCUT2D eigenvalue weighted by Gasteiger charge is 2.40. The molecule has 3 heterocycles. The second kappa shape index (κ2) is 48.9. The predicted octanol–water partition coefficient (Wildman–Crippen LogP) is -2.54. The summed E-state index contributed by atoms with van der Waals surface area (Å²) in [4.78, 5) is 235. The summed E-state index contributed by atoms with van der Waals surface area (Å²) in [5.74, 6) is -16.7. The van der Waals surface area contributed by atoms with E-state index in [0.29, 0.717) is 63.4 Å². The number of nitrogens with two attached hydrogens (primary N) is 2. The number of primary amides is 1. The highest BCUT2D eigenvalue weighted by atomic mass is 32.1. The minimum Gasteiger partial charge on any atom is -0.508 e. The van der Waals surface area contributed by atoms with E-state index in [1.165, 1.54) is 71.4 Å². The van der Waals surface area contributed by atoms with Crippen molar-refractivity contribution >= 4 is 142 Å². The Bertz CT molecular complexity index is 4930. The highest BCUT2D eigenvalue weighted by Crippen LogP contribution is 2.24. The molecule has 0 spiro atoms. The normalized spacial score (nSPS) is 14.4. The molecular formula is C84H112N20O20S2. The quantitative estimate of drug-likeness (QED) is 0.0138. The first-order valence-corrected chi connectivity index (χ1v) is 41.7. The van der Waals surface area contributed by atoms with Crippen LogP contribution in [-0.4, -0.2) is 252 Å². The third-order valence-corrected chi connectivity index (χ3v) is 20.7. The number of imidazole rings is 1. The van der Waals surface area contributed by atoms with Crippen molar-refractivity contribution in [3.8, 4) is 5.75 Å². The summed E-state index contributed by atoms with van der Waals surface area (Å²) >= 11 is 8.83. The molecule has 680 valence electrons. The minimum absolute atomic E-state index is 0.114. The summed E-state index contributed by atoms with van der Waals surface area (Å²) in [6.07, 6.45) is 3.03. The number of aliphatic hydroxyl groups excluding tert-OH is 1. The lowest BCUT2D eigenvalue weighted by atomic mass is 9.99. The lowest BCUT2D eigenvalue weighted by molar-refractivity contribution is -0.141. The zero-order chi connectivity index (χ0) is 92.5. The van der Waals surface area contributed by atoms with Crippen molar-refractivity contribution in [2.75, 3.05) is 38.6 Å². The van der Waals surface area contributed by atoms with Crippen molar-refractivity contribution in [3.63, 3.8) is 0 Å². The number of carbonyl (C=O) groups excluding carboxylic acids is 15. The number of carbonyl (C=O) groups is 16. The lowest BCUT2D eigenvalue weighted by Gasteiger charge is -2.30. The van der Waals surface area contributed by atoms with E-state index in [1.807, 2.05) is 0 Å². The number of aliphatic hydroxyl groups is 1. The van der Waals surface area contributed by atoms with Crippen molar-refractivity contribution in [1.82, 2.24) is 94.4 Å². The van der Waals surface area contributed by atoms with Crippen molar-refractivity contribution in [2.24, 2.45) is 17.4 Å². The molecular weight excluding hydrogens is 1670 g/mol. The van der Waals surface area contributed by atoms with Gasteiger partial charge in [-0.3, -0.25) is 76.7 Å². The van der Waals surface area contributed by atoms with E-state index in [4.69, 9.17) is 16.2 Å². The molecule has 4 aromatic carbocycles. The number of H-pyrrole nitrogens is 3. The summed E-state index contributed by atoms with van der Waals surface area (Å²) in [5, 5.41) is 68.5. The fourth-order valence-electron chi connectivity index (χ4n) is 13.3. The minimum atomic E-state index is -1.89. The number of hydrogen-bond acceptors (Lipinski definition) is 23. The number of carboxylic acid groups (broad SMARTS) is 1. The van der Waals surface area contributed by atoms with Crippen molar-refractivity contribution in [2.45, 2.75) is 190 Å². The van der Waals surface area contributed by atoms with E-state index in [-0.39, 0.29) is 63.1 Å². The van der Waals surface area contributed by atoms with Crippen LogP contribution in [0.15, 0.2) is 128 Å².